The minimum absolute atomic E-state index is 0.187. The van der Waals surface area contributed by atoms with Gasteiger partial charge in [-0.15, -0.1) is 0 Å². The zero-order chi connectivity index (χ0) is 13.9. The lowest BCUT2D eigenvalue weighted by Gasteiger charge is -2.45. The number of aromatic nitrogens is 2. The molecule has 4 nitrogen and oxygen atoms in total. The van der Waals surface area contributed by atoms with Gasteiger partial charge in [-0.1, -0.05) is 13.8 Å². The monoisotopic (exact) mass is 285 g/mol. The fourth-order valence-electron chi connectivity index (χ4n) is 2.25. The van der Waals surface area contributed by atoms with Gasteiger partial charge < -0.3 is 10.4 Å². The first-order valence-corrected chi connectivity index (χ1v) is 7.72. The van der Waals surface area contributed by atoms with Gasteiger partial charge >= 0.3 is 0 Å². The van der Waals surface area contributed by atoms with E-state index in [1.54, 1.807) is 11.8 Å². The van der Waals surface area contributed by atoms with Crippen molar-refractivity contribution >= 4 is 17.6 Å². The molecule has 0 saturated heterocycles. The van der Waals surface area contributed by atoms with E-state index in [1.165, 1.54) is 6.33 Å². The molecular formula is C13H20FN3OS. The molecule has 1 aliphatic carbocycles. The van der Waals surface area contributed by atoms with Gasteiger partial charge in [0.15, 0.2) is 11.6 Å². The summed E-state index contributed by atoms with van der Waals surface area (Å²) in [5.41, 5.74) is -0.345. The summed E-state index contributed by atoms with van der Waals surface area (Å²) < 4.78 is 13.9. The van der Waals surface area contributed by atoms with Crippen molar-refractivity contribution in [3.8, 4) is 0 Å². The van der Waals surface area contributed by atoms with Gasteiger partial charge in [-0.3, -0.25) is 0 Å². The molecule has 19 heavy (non-hydrogen) atoms. The normalized spacial score (nSPS) is 26.0. The molecule has 1 aromatic heterocycles. The van der Waals surface area contributed by atoms with Gasteiger partial charge in [0.1, 0.15) is 6.33 Å². The highest BCUT2D eigenvalue weighted by Gasteiger charge is 2.45. The minimum atomic E-state index is -0.746. The van der Waals surface area contributed by atoms with Crippen LogP contribution in [-0.4, -0.2) is 38.2 Å². The maximum absolute atomic E-state index is 13.9. The highest BCUT2D eigenvalue weighted by atomic mass is 32.2. The molecule has 0 aromatic carbocycles. The minimum Gasteiger partial charge on any atom is -0.387 e. The second kappa shape index (κ2) is 6.05. The van der Waals surface area contributed by atoms with Crippen LogP contribution in [0.5, 0.6) is 0 Å². The predicted octanol–water partition coefficient (Wildman–Crippen LogP) is 2.24. The first-order chi connectivity index (χ1) is 9.10. The molecule has 0 radical (unpaired) electrons. The van der Waals surface area contributed by atoms with Crippen molar-refractivity contribution in [2.75, 3.05) is 17.6 Å². The quantitative estimate of drug-likeness (QED) is 0.839. The maximum Gasteiger partial charge on any atom is 0.186 e. The molecule has 6 heteroatoms. The Hall–Kier alpha value is -0.880. The van der Waals surface area contributed by atoms with E-state index in [9.17, 15) is 9.50 Å². The number of nitrogens with zero attached hydrogens (tertiary/aromatic N) is 2. The first kappa shape index (κ1) is 14.5. The summed E-state index contributed by atoms with van der Waals surface area (Å²) in [7, 11) is 0. The van der Waals surface area contributed by atoms with Crippen LogP contribution in [0.4, 0.5) is 10.2 Å². The van der Waals surface area contributed by atoms with Crippen molar-refractivity contribution in [3.05, 3.63) is 17.8 Å². The van der Waals surface area contributed by atoms with Crippen molar-refractivity contribution in [2.24, 2.45) is 0 Å². The van der Waals surface area contributed by atoms with Crippen molar-refractivity contribution in [2.45, 2.75) is 44.0 Å². The Labute approximate surface area is 117 Å². The van der Waals surface area contributed by atoms with E-state index in [4.69, 9.17) is 0 Å². The van der Waals surface area contributed by atoms with Crippen molar-refractivity contribution < 1.29 is 9.50 Å². The zero-order valence-electron chi connectivity index (χ0n) is 11.3. The third kappa shape index (κ3) is 3.00. The highest BCUT2D eigenvalue weighted by molar-refractivity contribution is 8.00. The van der Waals surface area contributed by atoms with Gasteiger partial charge in [-0.2, -0.15) is 11.8 Å². The number of hydrogen-bond donors (Lipinski definition) is 2. The Morgan fingerprint density at radius 1 is 1.53 bits per heavy atom. The number of thioether (sulfide) groups is 1. The molecule has 106 valence electrons. The molecule has 2 atom stereocenters. The van der Waals surface area contributed by atoms with Gasteiger partial charge in [0, 0.05) is 11.8 Å². The van der Waals surface area contributed by atoms with Gasteiger partial charge in [-0.25, -0.2) is 14.4 Å². The number of anilines is 1. The maximum atomic E-state index is 13.9. The summed E-state index contributed by atoms with van der Waals surface area (Å²) in [6.45, 7) is 4.26. The van der Waals surface area contributed by atoms with Crippen LogP contribution in [0.2, 0.25) is 0 Å². The lowest BCUT2D eigenvalue weighted by molar-refractivity contribution is -0.0121. The van der Waals surface area contributed by atoms with E-state index in [1.807, 2.05) is 6.92 Å². The molecule has 0 aliphatic heterocycles. The van der Waals surface area contributed by atoms with E-state index >= 15 is 0 Å². The molecular weight excluding hydrogens is 265 g/mol. The third-order valence-electron chi connectivity index (χ3n) is 3.57. The summed E-state index contributed by atoms with van der Waals surface area (Å²) in [6, 6.07) is 0. The molecule has 0 spiro atoms. The summed E-state index contributed by atoms with van der Waals surface area (Å²) in [5.74, 6) is 0.759. The predicted molar refractivity (Wildman–Crippen MR) is 76.0 cm³/mol. The lowest BCUT2D eigenvalue weighted by atomic mass is 9.79. The summed E-state index contributed by atoms with van der Waals surface area (Å²) >= 11 is 1.76. The Morgan fingerprint density at radius 2 is 2.32 bits per heavy atom. The van der Waals surface area contributed by atoms with E-state index in [0.717, 1.165) is 18.6 Å². The topological polar surface area (TPSA) is 58.0 Å². The van der Waals surface area contributed by atoms with Crippen molar-refractivity contribution in [1.29, 1.82) is 0 Å². The Kier molecular flexibility index (Phi) is 4.62. The number of aliphatic hydroxyl groups is 1. The molecule has 2 rings (SSSR count). The summed E-state index contributed by atoms with van der Waals surface area (Å²) in [5, 5.41) is 13.6. The molecule has 1 saturated carbocycles. The number of aryl methyl sites for hydroxylation is 1. The number of nitrogens with one attached hydrogen (secondary N) is 1. The Balaban J connectivity index is 1.99. The molecule has 1 heterocycles. The average molecular weight is 285 g/mol. The van der Waals surface area contributed by atoms with Crippen LogP contribution in [0.15, 0.2) is 6.33 Å². The van der Waals surface area contributed by atoms with Crippen LogP contribution in [0.25, 0.3) is 0 Å². The van der Waals surface area contributed by atoms with Crippen LogP contribution < -0.4 is 5.32 Å². The smallest absolute Gasteiger partial charge is 0.186 e. The lowest BCUT2D eigenvalue weighted by Crippen LogP contribution is -2.54. The van der Waals surface area contributed by atoms with E-state index in [0.29, 0.717) is 18.7 Å². The standard InChI is InChI=1S/C13H20FN3OS/c1-3-9-11(14)12(17-8-16-9)15-7-13(18)6-5-10(13)19-4-2/h8,10,18H,3-7H2,1-2H3,(H,15,16,17). The summed E-state index contributed by atoms with van der Waals surface area (Å²) in [6.07, 6.45) is 3.66. The number of halogens is 1. The molecule has 0 bridgehead atoms. The van der Waals surface area contributed by atoms with Crippen LogP contribution in [-0.2, 0) is 6.42 Å². The first-order valence-electron chi connectivity index (χ1n) is 6.68. The van der Waals surface area contributed by atoms with Gasteiger partial charge in [-0.05, 0) is 25.0 Å². The molecule has 1 aromatic rings. The van der Waals surface area contributed by atoms with Gasteiger partial charge in [0.05, 0.1) is 11.3 Å². The fraction of sp³-hybridized carbons (Fsp3) is 0.692. The third-order valence-corrected chi connectivity index (χ3v) is 4.98. The zero-order valence-corrected chi connectivity index (χ0v) is 12.1. The number of hydrogen-bond acceptors (Lipinski definition) is 5. The summed E-state index contributed by atoms with van der Waals surface area (Å²) in [4.78, 5) is 7.79. The molecule has 1 aliphatic rings. The van der Waals surface area contributed by atoms with E-state index in [2.05, 4.69) is 22.2 Å². The average Bonchev–Trinajstić information content (AvgIpc) is 2.42. The fourth-order valence-corrected chi connectivity index (χ4v) is 3.45. The van der Waals surface area contributed by atoms with Gasteiger partial charge in [0.25, 0.3) is 0 Å². The van der Waals surface area contributed by atoms with Crippen molar-refractivity contribution in [3.63, 3.8) is 0 Å². The van der Waals surface area contributed by atoms with E-state index in [-0.39, 0.29) is 11.1 Å². The molecule has 1 fully saturated rings. The molecule has 2 unspecified atom stereocenters. The van der Waals surface area contributed by atoms with Crippen LogP contribution in [0.3, 0.4) is 0 Å². The SMILES string of the molecule is CCSC1CCC1(O)CNc1ncnc(CC)c1F. The largest absolute Gasteiger partial charge is 0.387 e. The van der Waals surface area contributed by atoms with Crippen LogP contribution in [0, 0.1) is 5.82 Å². The second-order valence-corrected chi connectivity index (χ2v) is 6.26. The molecule has 0 amide bonds. The van der Waals surface area contributed by atoms with Crippen LogP contribution in [0.1, 0.15) is 32.4 Å². The van der Waals surface area contributed by atoms with Crippen LogP contribution >= 0.6 is 11.8 Å². The van der Waals surface area contributed by atoms with Crippen molar-refractivity contribution in [1.82, 2.24) is 9.97 Å². The molecule has 2 N–H and O–H groups in total. The Bertz CT molecular complexity index is 446. The second-order valence-electron chi connectivity index (χ2n) is 4.78. The number of rotatable bonds is 6. The Morgan fingerprint density at radius 3 is 2.89 bits per heavy atom. The highest BCUT2D eigenvalue weighted by Crippen LogP contribution is 2.41. The van der Waals surface area contributed by atoms with E-state index < -0.39 is 11.4 Å². The van der Waals surface area contributed by atoms with Gasteiger partial charge in [0.2, 0.25) is 0 Å².